The van der Waals surface area contributed by atoms with E-state index in [2.05, 4.69) is 20.3 Å². The van der Waals surface area contributed by atoms with Gasteiger partial charge in [0, 0.05) is 11.9 Å². The number of nitrogens with one attached hydrogen (secondary N) is 1. The fourth-order valence-electron chi connectivity index (χ4n) is 1.72. The van der Waals surface area contributed by atoms with Crippen LogP contribution in [0.15, 0.2) is 42.7 Å². The summed E-state index contributed by atoms with van der Waals surface area (Å²) in [4.78, 5) is 13.5. The largest absolute Gasteiger partial charge is 0.473 e. The number of anilines is 2. The first-order valence-electron chi connectivity index (χ1n) is 6.10. The summed E-state index contributed by atoms with van der Waals surface area (Å²) in [6.45, 7) is 0. The molecular weight excluding hydrogens is 291 g/mol. The van der Waals surface area contributed by atoms with Gasteiger partial charge < -0.3 is 10.1 Å². The molecule has 0 spiro atoms. The smallest absolute Gasteiger partial charge is 0.273 e. The maximum absolute atomic E-state index is 13.2. The normalized spacial score (nSPS) is 10.4. The third kappa shape index (κ3) is 3.14. The fraction of sp³-hybridized carbons (Fsp3) is 0.0714. The number of ether oxygens (including phenoxy) is 1. The summed E-state index contributed by atoms with van der Waals surface area (Å²) in [5.74, 6) is 0.0776. The van der Waals surface area contributed by atoms with Crippen LogP contribution in [0, 0.1) is 5.82 Å². The Bertz CT molecular complexity index is 762. The van der Waals surface area contributed by atoms with Crippen LogP contribution in [0.4, 0.5) is 16.0 Å². The second kappa shape index (κ2) is 5.84. The van der Waals surface area contributed by atoms with Crippen LogP contribution in [0.1, 0.15) is 0 Å². The van der Waals surface area contributed by atoms with Gasteiger partial charge in [-0.15, -0.1) is 0 Å². The molecule has 106 valence electrons. The first kappa shape index (κ1) is 13.4. The second-order valence-corrected chi connectivity index (χ2v) is 5.09. The van der Waals surface area contributed by atoms with Crippen LogP contribution in [-0.4, -0.2) is 22.1 Å². The van der Waals surface area contributed by atoms with Crippen LogP contribution in [0.25, 0.3) is 10.6 Å². The van der Waals surface area contributed by atoms with E-state index in [-0.39, 0.29) is 5.82 Å². The van der Waals surface area contributed by atoms with Gasteiger partial charge in [0.05, 0.1) is 23.9 Å². The summed E-state index contributed by atoms with van der Waals surface area (Å²) in [7, 11) is 1.57. The van der Waals surface area contributed by atoms with Gasteiger partial charge in [-0.3, -0.25) is 0 Å². The van der Waals surface area contributed by atoms with Crippen LogP contribution >= 0.6 is 11.3 Å². The van der Waals surface area contributed by atoms with Gasteiger partial charge in [-0.2, -0.15) is 0 Å². The van der Waals surface area contributed by atoms with Crippen molar-refractivity contribution < 1.29 is 9.13 Å². The molecule has 2 heterocycles. The monoisotopic (exact) mass is 302 g/mol. The van der Waals surface area contributed by atoms with Crippen LogP contribution in [0.2, 0.25) is 0 Å². The van der Waals surface area contributed by atoms with E-state index in [4.69, 9.17) is 4.74 Å². The number of halogens is 1. The molecule has 5 nitrogen and oxygen atoms in total. The van der Waals surface area contributed by atoms with E-state index < -0.39 is 0 Å². The molecule has 0 saturated carbocycles. The molecule has 0 aliphatic rings. The standard InChI is InChI=1S/C14H11FN4OS/c1-20-14-17-8-12(21-14)11-5-6-16-13(19-11)18-10-4-2-3-9(15)7-10/h2-8H,1H3,(H,16,18,19). The molecule has 0 saturated heterocycles. The average molecular weight is 302 g/mol. The molecule has 1 aromatic carbocycles. The minimum absolute atomic E-state index is 0.316. The van der Waals surface area contributed by atoms with Crippen molar-refractivity contribution >= 4 is 23.0 Å². The van der Waals surface area contributed by atoms with E-state index >= 15 is 0 Å². The highest BCUT2D eigenvalue weighted by molar-refractivity contribution is 7.16. The molecule has 0 fully saturated rings. The molecule has 1 N–H and O–H groups in total. The highest BCUT2D eigenvalue weighted by atomic mass is 32.1. The van der Waals surface area contributed by atoms with Crippen molar-refractivity contribution in [2.75, 3.05) is 12.4 Å². The summed E-state index contributed by atoms with van der Waals surface area (Å²) >= 11 is 1.39. The number of methoxy groups -OCH3 is 1. The van der Waals surface area contributed by atoms with E-state index in [1.165, 1.54) is 23.5 Å². The van der Waals surface area contributed by atoms with Crippen LogP contribution in [0.3, 0.4) is 0 Å². The van der Waals surface area contributed by atoms with Gasteiger partial charge in [0.25, 0.3) is 5.19 Å². The Kier molecular flexibility index (Phi) is 3.74. The van der Waals surface area contributed by atoms with Crippen molar-refractivity contribution in [3.05, 3.63) is 48.5 Å². The van der Waals surface area contributed by atoms with Crippen molar-refractivity contribution in [2.45, 2.75) is 0 Å². The number of thiazole rings is 1. The lowest BCUT2D eigenvalue weighted by Crippen LogP contribution is -1.97. The Morgan fingerprint density at radius 2 is 2.14 bits per heavy atom. The van der Waals surface area contributed by atoms with E-state index in [0.717, 1.165) is 10.6 Å². The first-order chi connectivity index (χ1) is 10.2. The van der Waals surface area contributed by atoms with Gasteiger partial charge in [-0.25, -0.2) is 19.3 Å². The van der Waals surface area contributed by atoms with Crippen molar-refractivity contribution in [3.8, 4) is 15.8 Å². The predicted molar refractivity (Wildman–Crippen MR) is 79.4 cm³/mol. The highest BCUT2D eigenvalue weighted by Crippen LogP contribution is 2.29. The molecule has 0 atom stereocenters. The number of hydrogen-bond donors (Lipinski definition) is 1. The summed E-state index contributed by atoms with van der Waals surface area (Å²) in [6.07, 6.45) is 3.33. The van der Waals surface area contributed by atoms with Gasteiger partial charge in [0.1, 0.15) is 5.82 Å². The Morgan fingerprint density at radius 1 is 1.24 bits per heavy atom. The number of nitrogens with zero attached hydrogens (tertiary/aromatic N) is 3. The molecule has 0 aliphatic carbocycles. The molecule has 21 heavy (non-hydrogen) atoms. The van der Waals surface area contributed by atoms with Gasteiger partial charge in [0.15, 0.2) is 0 Å². The van der Waals surface area contributed by atoms with Crippen molar-refractivity contribution in [3.63, 3.8) is 0 Å². The molecule has 3 rings (SSSR count). The summed E-state index contributed by atoms with van der Waals surface area (Å²) in [5.41, 5.74) is 1.32. The number of benzene rings is 1. The SMILES string of the molecule is COc1ncc(-c2ccnc(Nc3cccc(F)c3)n2)s1. The highest BCUT2D eigenvalue weighted by Gasteiger charge is 2.07. The lowest BCUT2D eigenvalue weighted by atomic mass is 10.3. The van der Waals surface area contributed by atoms with E-state index in [0.29, 0.717) is 16.8 Å². The molecular formula is C14H11FN4OS. The number of aromatic nitrogens is 3. The van der Waals surface area contributed by atoms with E-state index in [1.807, 2.05) is 0 Å². The molecule has 0 amide bonds. The molecule has 0 aliphatic heterocycles. The predicted octanol–water partition coefficient (Wildman–Crippen LogP) is 3.49. The Labute approximate surface area is 124 Å². The minimum Gasteiger partial charge on any atom is -0.473 e. The molecule has 2 aromatic heterocycles. The summed E-state index contributed by atoms with van der Waals surface area (Å²) < 4.78 is 18.2. The van der Waals surface area contributed by atoms with Crippen molar-refractivity contribution in [1.82, 2.24) is 15.0 Å². The molecule has 0 bridgehead atoms. The quantitative estimate of drug-likeness (QED) is 0.799. The van der Waals surface area contributed by atoms with Crippen LogP contribution < -0.4 is 10.1 Å². The Hall–Kier alpha value is -2.54. The lowest BCUT2D eigenvalue weighted by molar-refractivity contribution is 0.412. The van der Waals surface area contributed by atoms with E-state index in [9.17, 15) is 4.39 Å². The zero-order valence-electron chi connectivity index (χ0n) is 11.1. The zero-order valence-corrected chi connectivity index (χ0v) is 11.9. The van der Waals surface area contributed by atoms with Gasteiger partial charge in [-0.1, -0.05) is 17.4 Å². The Morgan fingerprint density at radius 3 is 2.90 bits per heavy atom. The first-order valence-corrected chi connectivity index (χ1v) is 6.92. The van der Waals surface area contributed by atoms with Crippen LogP contribution in [0.5, 0.6) is 5.19 Å². The molecule has 0 unspecified atom stereocenters. The minimum atomic E-state index is -0.316. The van der Waals surface area contributed by atoms with Crippen LogP contribution in [-0.2, 0) is 0 Å². The summed E-state index contributed by atoms with van der Waals surface area (Å²) in [5, 5.41) is 3.54. The zero-order chi connectivity index (χ0) is 14.7. The second-order valence-electron chi connectivity index (χ2n) is 4.10. The number of rotatable bonds is 4. The third-order valence-corrected chi connectivity index (χ3v) is 3.63. The lowest BCUT2D eigenvalue weighted by Gasteiger charge is -2.05. The van der Waals surface area contributed by atoms with Gasteiger partial charge in [-0.05, 0) is 24.3 Å². The van der Waals surface area contributed by atoms with Gasteiger partial charge >= 0.3 is 0 Å². The fourth-order valence-corrected chi connectivity index (χ4v) is 2.42. The maximum atomic E-state index is 13.2. The van der Waals surface area contributed by atoms with Crippen molar-refractivity contribution in [1.29, 1.82) is 0 Å². The molecule has 3 aromatic rings. The van der Waals surface area contributed by atoms with Crippen molar-refractivity contribution in [2.24, 2.45) is 0 Å². The summed E-state index contributed by atoms with van der Waals surface area (Å²) in [6, 6.07) is 7.91. The third-order valence-electron chi connectivity index (χ3n) is 2.65. The molecule has 7 heteroatoms. The average Bonchev–Trinajstić information content (AvgIpc) is 2.96. The number of hydrogen-bond acceptors (Lipinski definition) is 6. The van der Waals surface area contributed by atoms with Gasteiger partial charge in [0.2, 0.25) is 5.95 Å². The maximum Gasteiger partial charge on any atom is 0.273 e. The van der Waals surface area contributed by atoms with E-state index in [1.54, 1.807) is 37.7 Å². The molecule has 0 radical (unpaired) electrons. The topological polar surface area (TPSA) is 59.9 Å². The Balaban J connectivity index is 1.86.